The third-order valence-electron chi connectivity index (χ3n) is 5.41. The van der Waals surface area contributed by atoms with Crippen molar-refractivity contribution in [3.05, 3.63) is 65.6 Å². The highest BCUT2D eigenvalue weighted by Crippen LogP contribution is 2.36. The van der Waals surface area contributed by atoms with E-state index in [1.165, 1.54) is 6.92 Å². The topological polar surface area (TPSA) is 70.5 Å². The number of carbonyl (C=O) groups is 1. The number of para-hydroxylation sites is 1. The van der Waals surface area contributed by atoms with E-state index in [9.17, 15) is 4.79 Å². The SMILES string of the molecule is CCCc1ncc(Cc2ccc3cccc(OC(C)=O)c3n2)c2cc(OC)c(OC)cc12. The molecule has 0 fully saturated rings. The number of nitrogens with zero attached hydrogens (tertiary/aromatic N) is 2. The Labute approximate surface area is 187 Å². The van der Waals surface area contributed by atoms with Crippen molar-refractivity contribution < 1.29 is 19.0 Å². The molecule has 2 aromatic heterocycles. The number of rotatable bonds is 7. The molecule has 0 bridgehead atoms. The number of hydrogen-bond donors (Lipinski definition) is 0. The van der Waals surface area contributed by atoms with Crippen LogP contribution in [0, 0.1) is 0 Å². The van der Waals surface area contributed by atoms with Crippen LogP contribution in [0.5, 0.6) is 17.2 Å². The summed E-state index contributed by atoms with van der Waals surface area (Å²) in [6, 6.07) is 13.6. The molecule has 6 nitrogen and oxygen atoms in total. The molecular weight excluding hydrogens is 404 g/mol. The van der Waals surface area contributed by atoms with Crippen molar-refractivity contribution in [3.63, 3.8) is 0 Å². The van der Waals surface area contributed by atoms with Crippen molar-refractivity contribution in [2.24, 2.45) is 0 Å². The molecule has 0 N–H and O–H groups in total. The van der Waals surface area contributed by atoms with Gasteiger partial charge in [0.15, 0.2) is 17.2 Å². The molecule has 2 aromatic carbocycles. The molecular formula is C26H26N2O4. The van der Waals surface area contributed by atoms with Gasteiger partial charge < -0.3 is 14.2 Å². The molecule has 0 radical (unpaired) electrons. The van der Waals surface area contributed by atoms with Crippen LogP contribution in [0.15, 0.2) is 48.7 Å². The summed E-state index contributed by atoms with van der Waals surface area (Å²) in [6.07, 6.45) is 4.38. The van der Waals surface area contributed by atoms with Gasteiger partial charge in [-0.3, -0.25) is 9.78 Å². The lowest BCUT2D eigenvalue weighted by Gasteiger charge is -2.15. The van der Waals surface area contributed by atoms with Crippen molar-refractivity contribution in [1.82, 2.24) is 9.97 Å². The maximum Gasteiger partial charge on any atom is 0.308 e. The van der Waals surface area contributed by atoms with Crippen LogP contribution < -0.4 is 14.2 Å². The highest BCUT2D eigenvalue weighted by Gasteiger charge is 2.15. The number of benzene rings is 2. The fourth-order valence-electron chi connectivity index (χ4n) is 3.95. The van der Waals surface area contributed by atoms with Gasteiger partial charge >= 0.3 is 5.97 Å². The molecule has 164 valence electrons. The van der Waals surface area contributed by atoms with Crippen LogP contribution in [0.25, 0.3) is 21.7 Å². The number of fused-ring (bicyclic) bond motifs is 2. The summed E-state index contributed by atoms with van der Waals surface area (Å²) in [5.74, 6) is 1.46. The number of hydrogen-bond acceptors (Lipinski definition) is 6. The van der Waals surface area contributed by atoms with Crippen molar-refractivity contribution in [2.75, 3.05) is 14.2 Å². The molecule has 0 spiro atoms. The molecule has 0 aliphatic heterocycles. The lowest BCUT2D eigenvalue weighted by molar-refractivity contribution is -0.131. The monoisotopic (exact) mass is 430 g/mol. The van der Waals surface area contributed by atoms with Crippen LogP contribution >= 0.6 is 0 Å². The number of aromatic nitrogens is 2. The van der Waals surface area contributed by atoms with Gasteiger partial charge in [-0.1, -0.05) is 31.5 Å². The molecule has 0 aliphatic rings. The van der Waals surface area contributed by atoms with Crippen LogP contribution in [0.4, 0.5) is 0 Å². The second-order valence-electron chi connectivity index (χ2n) is 7.63. The number of esters is 1. The Morgan fingerprint density at radius 3 is 2.41 bits per heavy atom. The summed E-state index contributed by atoms with van der Waals surface area (Å²) in [5.41, 5.74) is 3.60. The highest BCUT2D eigenvalue weighted by molar-refractivity contribution is 5.91. The number of aryl methyl sites for hydroxylation is 1. The van der Waals surface area contributed by atoms with E-state index in [2.05, 4.69) is 6.92 Å². The smallest absolute Gasteiger partial charge is 0.308 e. The lowest BCUT2D eigenvalue weighted by Crippen LogP contribution is -2.03. The molecule has 2 heterocycles. The van der Waals surface area contributed by atoms with E-state index in [-0.39, 0.29) is 5.97 Å². The number of pyridine rings is 2. The lowest BCUT2D eigenvalue weighted by atomic mass is 9.99. The van der Waals surface area contributed by atoms with Gasteiger partial charge in [0.2, 0.25) is 0 Å². The van der Waals surface area contributed by atoms with Crippen LogP contribution in [-0.2, 0) is 17.6 Å². The van der Waals surface area contributed by atoms with Gasteiger partial charge in [0, 0.05) is 41.7 Å². The van der Waals surface area contributed by atoms with E-state index in [1.54, 1.807) is 20.3 Å². The molecule has 0 amide bonds. The van der Waals surface area contributed by atoms with Gasteiger partial charge in [0.1, 0.15) is 5.52 Å². The normalized spacial score (nSPS) is 11.0. The predicted molar refractivity (Wildman–Crippen MR) is 125 cm³/mol. The zero-order chi connectivity index (χ0) is 22.7. The Morgan fingerprint density at radius 2 is 1.72 bits per heavy atom. The van der Waals surface area contributed by atoms with Crippen molar-refractivity contribution in [2.45, 2.75) is 33.1 Å². The van der Waals surface area contributed by atoms with Crippen LogP contribution in [-0.4, -0.2) is 30.2 Å². The third-order valence-corrected chi connectivity index (χ3v) is 5.41. The fourth-order valence-corrected chi connectivity index (χ4v) is 3.95. The summed E-state index contributed by atoms with van der Waals surface area (Å²) in [6.45, 7) is 3.53. The van der Waals surface area contributed by atoms with E-state index in [0.29, 0.717) is 29.2 Å². The molecule has 0 atom stereocenters. The fraction of sp³-hybridized carbons (Fsp3) is 0.269. The number of methoxy groups -OCH3 is 2. The third kappa shape index (κ3) is 4.21. The molecule has 0 aliphatic carbocycles. The van der Waals surface area contributed by atoms with Crippen molar-refractivity contribution in [1.29, 1.82) is 0 Å². The van der Waals surface area contributed by atoms with Gasteiger partial charge in [-0.2, -0.15) is 0 Å². The maximum absolute atomic E-state index is 11.5. The van der Waals surface area contributed by atoms with Crippen LogP contribution in [0.2, 0.25) is 0 Å². The van der Waals surface area contributed by atoms with E-state index in [4.69, 9.17) is 24.2 Å². The summed E-state index contributed by atoms with van der Waals surface area (Å²) >= 11 is 0. The second kappa shape index (κ2) is 9.22. The Bertz CT molecular complexity index is 1300. The Hall–Kier alpha value is -3.67. The summed E-state index contributed by atoms with van der Waals surface area (Å²) < 4.78 is 16.4. The van der Waals surface area contributed by atoms with E-state index < -0.39 is 0 Å². The molecule has 0 saturated carbocycles. The minimum Gasteiger partial charge on any atom is -0.493 e. The van der Waals surface area contributed by atoms with E-state index in [1.807, 2.05) is 42.6 Å². The molecule has 32 heavy (non-hydrogen) atoms. The molecule has 6 heteroatoms. The van der Waals surface area contributed by atoms with Crippen LogP contribution in [0.1, 0.15) is 37.2 Å². The van der Waals surface area contributed by atoms with Crippen molar-refractivity contribution in [3.8, 4) is 17.2 Å². The average molecular weight is 431 g/mol. The zero-order valence-electron chi connectivity index (χ0n) is 18.8. The minimum absolute atomic E-state index is 0.368. The summed E-state index contributed by atoms with van der Waals surface area (Å²) in [5, 5.41) is 3.04. The predicted octanol–water partition coefficient (Wildman–Crippen LogP) is 5.27. The first kappa shape index (κ1) is 21.6. The standard InChI is InChI=1S/C26H26N2O4/c1-5-7-22-21-14-25(31-4)24(30-3)13-20(21)18(15-27-22)12-19-11-10-17-8-6-9-23(26(17)28-19)32-16(2)29/h6,8-11,13-15H,5,7,12H2,1-4H3. The largest absolute Gasteiger partial charge is 0.493 e. The van der Waals surface area contributed by atoms with Gasteiger partial charge in [0.25, 0.3) is 0 Å². The van der Waals surface area contributed by atoms with Crippen molar-refractivity contribution >= 4 is 27.6 Å². The average Bonchev–Trinajstić information content (AvgIpc) is 2.80. The number of ether oxygens (including phenoxy) is 3. The molecule has 4 rings (SSSR count). The molecule has 0 saturated heterocycles. The maximum atomic E-state index is 11.5. The first-order valence-electron chi connectivity index (χ1n) is 10.6. The van der Waals surface area contributed by atoms with Crippen LogP contribution in [0.3, 0.4) is 0 Å². The minimum atomic E-state index is -0.368. The van der Waals surface area contributed by atoms with Gasteiger partial charge in [0.05, 0.1) is 14.2 Å². The Kier molecular flexibility index (Phi) is 6.21. The van der Waals surface area contributed by atoms with E-state index in [0.717, 1.165) is 46.0 Å². The molecule has 0 unspecified atom stereocenters. The first-order chi connectivity index (χ1) is 15.5. The Morgan fingerprint density at radius 1 is 0.969 bits per heavy atom. The molecule has 4 aromatic rings. The van der Waals surface area contributed by atoms with Gasteiger partial charge in [-0.05, 0) is 41.6 Å². The summed E-state index contributed by atoms with van der Waals surface area (Å²) in [4.78, 5) is 21.1. The second-order valence-corrected chi connectivity index (χ2v) is 7.63. The van der Waals surface area contributed by atoms with E-state index >= 15 is 0 Å². The van der Waals surface area contributed by atoms with Gasteiger partial charge in [-0.25, -0.2) is 4.98 Å². The quantitative estimate of drug-likeness (QED) is 0.294. The first-order valence-corrected chi connectivity index (χ1v) is 10.6. The Balaban J connectivity index is 1.82. The summed E-state index contributed by atoms with van der Waals surface area (Å²) in [7, 11) is 3.28. The number of carbonyl (C=O) groups excluding carboxylic acids is 1. The van der Waals surface area contributed by atoms with Gasteiger partial charge in [-0.15, -0.1) is 0 Å². The zero-order valence-corrected chi connectivity index (χ0v) is 18.8. The highest BCUT2D eigenvalue weighted by atomic mass is 16.5.